The molecule has 0 saturated heterocycles. The summed E-state index contributed by atoms with van der Waals surface area (Å²) in [5.41, 5.74) is 4.81. The van der Waals surface area contributed by atoms with E-state index in [1.54, 1.807) is 30.5 Å². The van der Waals surface area contributed by atoms with E-state index in [4.69, 9.17) is 0 Å². The highest BCUT2D eigenvalue weighted by Crippen LogP contribution is 2.27. The number of benzene rings is 1. The summed E-state index contributed by atoms with van der Waals surface area (Å²) in [4.78, 5) is 9.19. The molecule has 7 heteroatoms. The van der Waals surface area contributed by atoms with Gasteiger partial charge in [0.15, 0.2) is 9.84 Å². The Morgan fingerprint density at radius 1 is 1.14 bits per heavy atom. The molecule has 2 aromatic heterocycles. The van der Waals surface area contributed by atoms with E-state index in [1.165, 1.54) is 6.26 Å². The summed E-state index contributed by atoms with van der Waals surface area (Å²) in [7, 11) is -3.26. The Morgan fingerprint density at radius 2 is 1.86 bits per heavy atom. The second kappa shape index (κ2) is 8.41. The first-order valence-electron chi connectivity index (χ1n) is 9.21. The topological polar surface area (TPSA) is 95.7 Å². The summed E-state index contributed by atoms with van der Waals surface area (Å²) in [5, 5.41) is 12.9. The molecule has 0 spiro atoms. The summed E-state index contributed by atoms with van der Waals surface area (Å²) in [5.74, 6) is 0.509. The van der Waals surface area contributed by atoms with Gasteiger partial charge in [-0.15, -0.1) is 0 Å². The first-order chi connectivity index (χ1) is 13.8. The molecule has 0 aliphatic carbocycles. The summed E-state index contributed by atoms with van der Waals surface area (Å²) in [6.07, 6.45) is 3.66. The molecule has 1 N–H and O–H groups in total. The van der Waals surface area contributed by atoms with Crippen LogP contribution in [0.1, 0.15) is 29.3 Å². The zero-order chi connectivity index (χ0) is 21.0. The highest BCUT2D eigenvalue weighted by molar-refractivity contribution is 7.90. The van der Waals surface area contributed by atoms with E-state index in [9.17, 15) is 13.7 Å². The van der Waals surface area contributed by atoms with Gasteiger partial charge in [0, 0.05) is 30.3 Å². The minimum atomic E-state index is -3.26. The van der Waals surface area contributed by atoms with Gasteiger partial charge in [-0.3, -0.25) is 4.98 Å². The third kappa shape index (κ3) is 4.79. The Bertz CT molecular complexity index is 1160. The molecule has 0 bridgehead atoms. The molecular weight excluding hydrogens is 384 g/mol. The predicted molar refractivity (Wildman–Crippen MR) is 113 cm³/mol. The molecular formula is C22H22N4O2S. The smallest absolute Gasteiger partial charge is 0.175 e. The molecule has 3 aromatic rings. The molecule has 2 heterocycles. The van der Waals surface area contributed by atoms with E-state index in [0.717, 1.165) is 22.4 Å². The van der Waals surface area contributed by atoms with Crippen LogP contribution in [0.3, 0.4) is 0 Å². The second-order valence-electron chi connectivity index (χ2n) is 6.81. The van der Waals surface area contributed by atoms with Gasteiger partial charge in [0.1, 0.15) is 11.9 Å². The number of hydrogen-bond acceptors (Lipinski definition) is 6. The van der Waals surface area contributed by atoms with Crippen molar-refractivity contribution in [2.75, 3.05) is 11.6 Å². The first kappa shape index (κ1) is 20.5. The van der Waals surface area contributed by atoms with Crippen LogP contribution in [0.4, 0.5) is 5.82 Å². The van der Waals surface area contributed by atoms with Gasteiger partial charge in [0.05, 0.1) is 16.2 Å². The fraction of sp³-hybridized carbons (Fsp3) is 0.227. The zero-order valence-corrected chi connectivity index (χ0v) is 17.4. The SMILES string of the molecule is CCc1cc(-c2ccc(S(C)(=O)=O)cc2)nc(NCc2ccc(C)nc2)c1C#N. The molecule has 0 saturated carbocycles. The molecule has 0 aliphatic rings. The zero-order valence-electron chi connectivity index (χ0n) is 16.6. The molecule has 0 atom stereocenters. The van der Waals surface area contributed by atoms with Crippen molar-refractivity contribution in [3.63, 3.8) is 0 Å². The standard InChI is InChI=1S/C22H22N4O2S/c1-4-17-11-21(18-7-9-19(10-8-18)29(3,27)28)26-22(20(17)12-23)25-14-16-6-5-15(2)24-13-16/h5-11,13H,4,14H2,1-3H3,(H,25,26). The summed E-state index contributed by atoms with van der Waals surface area (Å²) >= 11 is 0. The number of anilines is 1. The second-order valence-corrected chi connectivity index (χ2v) is 8.83. The summed E-state index contributed by atoms with van der Waals surface area (Å²) in [6, 6.07) is 14.7. The van der Waals surface area contributed by atoms with Gasteiger partial charge in [-0.1, -0.05) is 25.1 Å². The summed E-state index contributed by atoms with van der Waals surface area (Å²) in [6.45, 7) is 4.41. The fourth-order valence-corrected chi connectivity index (χ4v) is 3.57. The van der Waals surface area contributed by atoms with Crippen molar-refractivity contribution < 1.29 is 8.42 Å². The largest absolute Gasteiger partial charge is 0.365 e. The Balaban J connectivity index is 1.97. The van der Waals surface area contributed by atoms with Gasteiger partial charge < -0.3 is 5.32 Å². The van der Waals surface area contributed by atoms with Gasteiger partial charge in [0.25, 0.3) is 0 Å². The van der Waals surface area contributed by atoms with Crippen LogP contribution in [-0.2, 0) is 22.8 Å². The van der Waals surface area contributed by atoms with E-state index in [-0.39, 0.29) is 4.90 Å². The maximum absolute atomic E-state index is 11.7. The van der Waals surface area contributed by atoms with Crippen LogP contribution in [0, 0.1) is 18.3 Å². The molecule has 6 nitrogen and oxygen atoms in total. The highest BCUT2D eigenvalue weighted by atomic mass is 32.2. The van der Waals surface area contributed by atoms with Crippen molar-refractivity contribution in [3.8, 4) is 17.3 Å². The van der Waals surface area contributed by atoms with E-state index in [2.05, 4.69) is 21.4 Å². The van der Waals surface area contributed by atoms with Crippen LogP contribution >= 0.6 is 0 Å². The number of hydrogen-bond donors (Lipinski definition) is 1. The predicted octanol–water partition coefficient (Wildman–Crippen LogP) is 3.90. The van der Waals surface area contributed by atoms with Crippen molar-refractivity contribution in [2.45, 2.75) is 31.7 Å². The highest BCUT2D eigenvalue weighted by Gasteiger charge is 2.14. The van der Waals surface area contributed by atoms with E-state index in [1.807, 2.05) is 32.0 Å². The monoisotopic (exact) mass is 406 g/mol. The lowest BCUT2D eigenvalue weighted by molar-refractivity contribution is 0.602. The molecule has 29 heavy (non-hydrogen) atoms. The maximum atomic E-state index is 11.7. The molecule has 0 aliphatic heterocycles. The number of nitrogens with one attached hydrogen (secondary N) is 1. The number of sulfone groups is 1. The lowest BCUT2D eigenvalue weighted by atomic mass is 10.0. The lowest BCUT2D eigenvalue weighted by Gasteiger charge is -2.13. The normalized spacial score (nSPS) is 11.1. The minimum absolute atomic E-state index is 0.260. The van der Waals surface area contributed by atoms with Gasteiger partial charge in [-0.05, 0) is 48.7 Å². The third-order valence-corrected chi connectivity index (χ3v) is 5.73. The molecule has 0 unspecified atom stereocenters. The number of aryl methyl sites for hydroxylation is 2. The van der Waals surface area contributed by atoms with E-state index >= 15 is 0 Å². The quantitative estimate of drug-likeness (QED) is 0.667. The van der Waals surface area contributed by atoms with Crippen molar-refractivity contribution in [3.05, 3.63) is 71.0 Å². The van der Waals surface area contributed by atoms with E-state index in [0.29, 0.717) is 30.0 Å². The number of nitriles is 1. The first-order valence-corrected chi connectivity index (χ1v) is 11.1. The van der Waals surface area contributed by atoms with Crippen molar-refractivity contribution in [1.82, 2.24) is 9.97 Å². The van der Waals surface area contributed by atoms with Crippen molar-refractivity contribution >= 4 is 15.7 Å². The Morgan fingerprint density at radius 3 is 2.41 bits per heavy atom. The lowest BCUT2D eigenvalue weighted by Crippen LogP contribution is -2.07. The van der Waals surface area contributed by atoms with E-state index < -0.39 is 9.84 Å². The van der Waals surface area contributed by atoms with Crippen LogP contribution in [0.15, 0.2) is 53.6 Å². The Hall–Kier alpha value is -3.24. The van der Waals surface area contributed by atoms with Crippen molar-refractivity contribution in [1.29, 1.82) is 5.26 Å². The number of nitrogens with zero attached hydrogens (tertiary/aromatic N) is 3. The van der Waals surface area contributed by atoms with Crippen LogP contribution in [0.5, 0.6) is 0 Å². The fourth-order valence-electron chi connectivity index (χ4n) is 2.94. The van der Waals surface area contributed by atoms with Gasteiger partial charge >= 0.3 is 0 Å². The van der Waals surface area contributed by atoms with Crippen LogP contribution in [0.2, 0.25) is 0 Å². The van der Waals surface area contributed by atoms with Crippen molar-refractivity contribution in [2.24, 2.45) is 0 Å². The van der Waals surface area contributed by atoms with Gasteiger partial charge in [-0.25, -0.2) is 13.4 Å². The molecule has 0 fully saturated rings. The minimum Gasteiger partial charge on any atom is -0.365 e. The van der Waals surface area contributed by atoms with Gasteiger partial charge in [0.2, 0.25) is 0 Å². The molecule has 3 rings (SSSR count). The molecule has 1 aromatic carbocycles. The molecule has 0 radical (unpaired) electrons. The molecule has 148 valence electrons. The Labute approximate surface area is 171 Å². The Kier molecular flexibility index (Phi) is 5.95. The van der Waals surface area contributed by atoms with Crippen LogP contribution in [-0.4, -0.2) is 24.6 Å². The average molecular weight is 407 g/mol. The number of pyridine rings is 2. The average Bonchev–Trinajstić information content (AvgIpc) is 2.72. The third-order valence-electron chi connectivity index (χ3n) is 4.60. The van der Waals surface area contributed by atoms with Crippen LogP contribution < -0.4 is 5.32 Å². The maximum Gasteiger partial charge on any atom is 0.175 e. The number of rotatable bonds is 6. The summed E-state index contributed by atoms with van der Waals surface area (Å²) < 4.78 is 23.4. The molecule has 0 amide bonds. The number of aromatic nitrogens is 2. The van der Waals surface area contributed by atoms with Gasteiger partial charge in [-0.2, -0.15) is 5.26 Å². The van der Waals surface area contributed by atoms with Crippen LogP contribution in [0.25, 0.3) is 11.3 Å².